The summed E-state index contributed by atoms with van der Waals surface area (Å²) in [5, 5.41) is 24.6. The monoisotopic (exact) mass is 263 g/mol. The normalized spacial score (nSPS) is 12.6. The third-order valence-corrected chi connectivity index (χ3v) is 3.87. The van der Waals surface area contributed by atoms with E-state index in [1.54, 1.807) is 29.5 Å². The van der Waals surface area contributed by atoms with Crippen molar-refractivity contribution in [2.24, 2.45) is 0 Å². The molecule has 0 spiro atoms. The van der Waals surface area contributed by atoms with Crippen LogP contribution >= 0.6 is 11.3 Å². The lowest BCUT2D eigenvalue weighted by molar-refractivity contribution is 0.174. The van der Waals surface area contributed by atoms with Gasteiger partial charge in [0, 0.05) is 18.0 Å². The maximum Gasteiger partial charge on any atom is 0.115 e. The molecule has 0 saturated carbocycles. The molecule has 0 aliphatic heterocycles. The summed E-state index contributed by atoms with van der Waals surface area (Å²) in [6.45, 7) is 3.32. The molecular weight excluding hydrogens is 246 g/mol. The Kier molecular flexibility index (Phi) is 4.36. The fourth-order valence-electron chi connectivity index (χ4n) is 1.76. The Hall–Kier alpha value is -1.36. The van der Waals surface area contributed by atoms with Crippen molar-refractivity contribution < 1.29 is 10.2 Å². The number of aromatic hydroxyl groups is 1. The van der Waals surface area contributed by atoms with Crippen LogP contribution in [0.5, 0.6) is 5.75 Å². The maximum absolute atomic E-state index is 9.97. The van der Waals surface area contributed by atoms with E-state index in [1.807, 2.05) is 6.07 Å². The van der Waals surface area contributed by atoms with E-state index in [0.29, 0.717) is 6.54 Å². The summed E-state index contributed by atoms with van der Waals surface area (Å²) in [6, 6.07) is 8.81. The molecule has 0 radical (unpaired) electrons. The molecule has 0 aliphatic carbocycles. The van der Waals surface area contributed by atoms with E-state index in [9.17, 15) is 10.2 Å². The van der Waals surface area contributed by atoms with Gasteiger partial charge in [-0.1, -0.05) is 12.1 Å². The molecule has 3 nitrogen and oxygen atoms in total. The summed E-state index contributed by atoms with van der Waals surface area (Å²) >= 11 is 1.72. The van der Waals surface area contributed by atoms with Crippen molar-refractivity contribution in [2.45, 2.75) is 19.6 Å². The van der Waals surface area contributed by atoms with Gasteiger partial charge in [0.1, 0.15) is 5.75 Å². The lowest BCUT2D eigenvalue weighted by Crippen LogP contribution is -2.20. The molecule has 0 bridgehead atoms. The molecule has 0 aliphatic rings. The summed E-state index contributed by atoms with van der Waals surface area (Å²) < 4.78 is 0. The maximum atomic E-state index is 9.97. The Labute approximate surface area is 111 Å². The Morgan fingerprint density at radius 3 is 2.83 bits per heavy atom. The molecule has 18 heavy (non-hydrogen) atoms. The topological polar surface area (TPSA) is 52.5 Å². The zero-order valence-corrected chi connectivity index (χ0v) is 11.1. The molecule has 1 aromatic heterocycles. The number of hydrogen-bond donors (Lipinski definition) is 3. The molecule has 1 atom stereocenters. The SMILES string of the molecule is Cc1ccsc1CNCC(O)c1cccc(O)c1. The number of phenolic OH excluding ortho intramolecular Hbond substituents is 1. The largest absolute Gasteiger partial charge is 0.508 e. The molecular formula is C14H17NO2S. The average Bonchev–Trinajstić information content (AvgIpc) is 2.75. The van der Waals surface area contributed by atoms with Gasteiger partial charge < -0.3 is 15.5 Å². The molecule has 96 valence electrons. The molecule has 2 aromatic rings. The van der Waals surface area contributed by atoms with Crippen LogP contribution in [-0.2, 0) is 6.54 Å². The van der Waals surface area contributed by atoms with Crippen LogP contribution in [0.2, 0.25) is 0 Å². The van der Waals surface area contributed by atoms with E-state index in [0.717, 1.165) is 12.1 Å². The molecule has 2 rings (SSSR count). The Morgan fingerprint density at radius 2 is 2.17 bits per heavy atom. The number of aliphatic hydroxyl groups is 1. The number of rotatable bonds is 5. The zero-order valence-electron chi connectivity index (χ0n) is 10.3. The lowest BCUT2D eigenvalue weighted by Gasteiger charge is -2.12. The number of phenols is 1. The second-order valence-electron chi connectivity index (χ2n) is 4.27. The van der Waals surface area contributed by atoms with E-state index in [4.69, 9.17) is 0 Å². The summed E-state index contributed by atoms with van der Waals surface area (Å²) in [6.07, 6.45) is -0.600. The van der Waals surface area contributed by atoms with Gasteiger partial charge in [-0.3, -0.25) is 0 Å². The van der Waals surface area contributed by atoms with Gasteiger partial charge in [0.05, 0.1) is 6.10 Å². The van der Waals surface area contributed by atoms with Crippen LogP contribution in [0.25, 0.3) is 0 Å². The third kappa shape index (κ3) is 3.32. The van der Waals surface area contributed by atoms with E-state index in [-0.39, 0.29) is 5.75 Å². The van der Waals surface area contributed by atoms with Gasteiger partial charge in [0.2, 0.25) is 0 Å². The highest BCUT2D eigenvalue weighted by Gasteiger charge is 2.08. The number of thiophene rings is 1. The molecule has 1 heterocycles. The molecule has 0 amide bonds. The first-order chi connectivity index (χ1) is 8.66. The minimum atomic E-state index is -0.600. The first-order valence-corrected chi connectivity index (χ1v) is 6.75. The van der Waals surface area contributed by atoms with Gasteiger partial charge in [-0.15, -0.1) is 11.3 Å². The van der Waals surface area contributed by atoms with Gasteiger partial charge in [0.25, 0.3) is 0 Å². The standard InChI is InChI=1S/C14H17NO2S/c1-10-5-6-18-14(10)9-15-8-13(17)11-3-2-4-12(16)7-11/h2-7,13,15-17H,8-9H2,1H3. The molecule has 0 saturated heterocycles. The van der Waals surface area contributed by atoms with Crippen molar-refractivity contribution in [2.75, 3.05) is 6.54 Å². The predicted molar refractivity (Wildman–Crippen MR) is 73.8 cm³/mol. The highest BCUT2D eigenvalue weighted by atomic mass is 32.1. The minimum absolute atomic E-state index is 0.181. The third-order valence-electron chi connectivity index (χ3n) is 2.85. The lowest BCUT2D eigenvalue weighted by atomic mass is 10.1. The summed E-state index contributed by atoms with van der Waals surface area (Å²) in [4.78, 5) is 1.29. The first kappa shape index (κ1) is 13.1. The predicted octanol–water partition coefficient (Wildman–Crippen LogP) is 2.59. The van der Waals surface area contributed by atoms with Gasteiger partial charge in [-0.05, 0) is 41.6 Å². The average molecular weight is 263 g/mol. The van der Waals surface area contributed by atoms with E-state index in [2.05, 4.69) is 23.7 Å². The molecule has 1 unspecified atom stereocenters. The van der Waals surface area contributed by atoms with Gasteiger partial charge in [-0.25, -0.2) is 0 Å². The highest BCUT2D eigenvalue weighted by molar-refractivity contribution is 7.10. The zero-order chi connectivity index (χ0) is 13.0. The number of benzene rings is 1. The van der Waals surface area contributed by atoms with Crippen molar-refractivity contribution in [1.82, 2.24) is 5.32 Å². The summed E-state index contributed by atoms with van der Waals surface area (Å²) in [5.41, 5.74) is 2.00. The van der Waals surface area contributed by atoms with Crippen molar-refractivity contribution in [3.63, 3.8) is 0 Å². The number of aryl methyl sites for hydroxylation is 1. The Morgan fingerprint density at radius 1 is 1.33 bits per heavy atom. The molecule has 4 heteroatoms. The van der Waals surface area contributed by atoms with Gasteiger partial charge >= 0.3 is 0 Å². The Balaban J connectivity index is 1.85. The second-order valence-corrected chi connectivity index (χ2v) is 5.27. The van der Waals surface area contributed by atoms with Gasteiger partial charge in [0.15, 0.2) is 0 Å². The summed E-state index contributed by atoms with van der Waals surface area (Å²) in [7, 11) is 0. The molecule has 1 aromatic carbocycles. The number of nitrogens with one attached hydrogen (secondary N) is 1. The first-order valence-electron chi connectivity index (χ1n) is 5.87. The van der Waals surface area contributed by atoms with Crippen LogP contribution in [0.4, 0.5) is 0 Å². The van der Waals surface area contributed by atoms with E-state index in [1.165, 1.54) is 10.4 Å². The smallest absolute Gasteiger partial charge is 0.115 e. The number of hydrogen-bond acceptors (Lipinski definition) is 4. The van der Waals surface area contributed by atoms with Gasteiger partial charge in [-0.2, -0.15) is 0 Å². The van der Waals surface area contributed by atoms with E-state index >= 15 is 0 Å². The van der Waals surface area contributed by atoms with Crippen LogP contribution in [0.15, 0.2) is 35.7 Å². The van der Waals surface area contributed by atoms with Crippen LogP contribution in [0.3, 0.4) is 0 Å². The van der Waals surface area contributed by atoms with Crippen molar-refractivity contribution >= 4 is 11.3 Å². The molecule has 3 N–H and O–H groups in total. The Bertz CT molecular complexity index is 510. The van der Waals surface area contributed by atoms with Crippen LogP contribution < -0.4 is 5.32 Å². The van der Waals surface area contributed by atoms with Crippen molar-refractivity contribution in [3.8, 4) is 5.75 Å². The number of aliphatic hydroxyl groups excluding tert-OH is 1. The van der Waals surface area contributed by atoms with Crippen LogP contribution in [0.1, 0.15) is 22.1 Å². The fraction of sp³-hybridized carbons (Fsp3) is 0.286. The quantitative estimate of drug-likeness (QED) is 0.777. The van der Waals surface area contributed by atoms with E-state index < -0.39 is 6.10 Å². The van der Waals surface area contributed by atoms with Crippen molar-refractivity contribution in [1.29, 1.82) is 0 Å². The van der Waals surface area contributed by atoms with Crippen LogP contribution in [0, 0.1) is 6.92 Å². The fourth-order valence-corrected chi connectivity index (χ4v) is 2.63. The minimum Gasteiger partial charge on any atom is -0.508 e. The van der Waals surface area contributed by atoms with Crippen molar-refractivity contribution in [3.05, 3.63) is 51.7 Å². The molecule has 0 fully saturated rings. The second kappa shape index (κ2) is 6.00. The highest BCUT2D eigenvalue weighted by Crippen LogP contribution is 2.18. The summed E-state index contributed by atoms with van der Waals surface area (Å²) in [5.74, 6) is 0.181. The van der Waals surface area contributed by atoms with Crippen LogP contribution in [-0.4, -0.2) is 16.8 Å².